The second-order valence-electron chi connectivity index (χ2n) is 6.08. The van der Waals surface area contributed by atoms with Crippen molar-refractivity contribution < 1.29 is 18.7 Å². The number of hydrogen-bond donors (Lipinski definition) is 2. The molecule has 1 aromatic carbocycles. The van der Waals surface area contributed by atoms with E-state index < -0.39 is 24.5 Å². The summed E-state index contributed by atoms with van der Waals surface area (Å²) in [5.41, 5.74) is 2.10. The summed E-state index contributed by atoms with van der Waals surface area (Å²) in [6.45, 7) is -0.406. The van der Waals surface area contributed by atoms with Gasteiger partial charge in [0.05, 0.1) is 18.7 Å². The Balaban J connectivity index is 1.67. The molecule has 5 nitrogen and oxygen atoms in total. The number of rotatable bonds is 4. The van der Waals surface area contributed by atoms with Gasteiger partial charge in [0, 0.05) is 11.8 Å². The minimum atomic E-state index is -1.06. The molecular formula is C18H15F2N3O2. The summed E-state index contributed by atoms with van der Waals surface area (Å²) in [6.07, 6.45) is 2.55. The zero-order chi connectivity index (χ0) is 17.6. The summed E-state index contributed by atoms with van der Waals surface area (Å²) >= 11 is 0. The molecule has 1 saturated carbocycles. The van der Waals surface area contributed by atoms with Crippen LogP contribution in [0.4, 0.5) is 14.6 Å². The fourth-order valence-corrected chi connectivity index (χ4v) is 2.86. The third kappa shape index (κ3) is 2.87. The number of nitrogens with zero attached hydrogens (tertiary/aromatic N) is 2. The van der Waals surface area contributed by atoms with Crippen molar-refractivity contribution in [3.05, 3.63) is 54.1 Å². The van der Waals surface area contributed by atoms with Gasteiger partial charge in [-0.25, -0.2) is 13.8 Å². The smallest absolute Gasteiger partial charge is 0.231 e. The van der Waals surface area contributed by atoms with Gasteiger partial charge in [0.2, 0.25) is 5.91 Å². The lowest BCUT2D eigenvalue weighted by Gasteiger charge is -2.09. The fraction of sp³-hybridized carbons (Fsp3) is 0.222. The number of aromatic nitrogens is 2. The number of alkyl halides is 1. The molecule has 2 aromatic heterocycles. The van der Waals surface area contributed by atoms with Crippen LogP contribution in [0.1, 0.15) is 12.0 Å². The molecule has 1 fully saturated rings. The quantitative estimate of drug-likeness (QED) is 0.765. The number of aliphatic hydroxyl groups is 1. The summed E-state index contributed by atoms with van der Waals surface area (Å²) in [5.74, 6) is -1.09. The van der Waals surface area contributed by atoms with Gasteiger partial charge in [0.1, 0.15) is 17.6 Å². The Morgan fingerprint density at radius 3 is 2.84 bits per heavy atom. The molecule has 128 valence electrons. The topological polar surface area (TPSA) is 66.6 Å². The molecule has 0 radical (unpaired) electrons. The van der Waals surface area contributed by atoms with Crippen LogP contribution in [-0.2, 0) is 11.4 Å². The van der Waals surface area contributed by atoms with E-state index in [0.717, 1.165) is 0 Å². The zero-order valence-corrected chi connectivity index (χ0v) is 13.1. The fourth-order valence-electron chi connectivity index (χ4n) is 2.86. The van der Waals surface area contributed by atoms with E-state index in [9.17, 15) is 18.7 Å². The highest BCUT2D eigenvalue weighted by molar-refractivity contribution is 5.94. The first-order valence-electron chi connectivity index (χ1n) is 7.89. The molecule has 3 aromatic rings. The lowest BCUT2D eigenvalue weighted by atomic mass is 10.0. The molecule has 1 aliphatic carbocycles. The van der Waals surface area contributed by atoms with E-state index in [1.807, 2.05) is 0 Å². The van der Waals surface area contributed by atoms with Crippen LogP contribution < -0.4 is 5.32 Å². The van der Waals surface area contributed by atoms with Crippen molar-refractivity contribution in [1.29, 1.82) is 0 Å². The number of pyridine rings is 1. The Labute approximate surface area is 141 Å². The van der Waals surface area contributed by atoms with E-state index in [0.29, 0.717) is 22.6 Å². The van der Waals surface area contributed by atoms with Crippen molar-refractivity contribution in [3.63, 3.8) is 0 Å². The molecule has 1 aliphatic rings. The second-order valence-corrected chi connectivity index (χ2v) is 6.08. The highest BCUT2D eigenvalue weighted by Crippen LogP contribution is 2.34. The van der Waals surface area contributed by atoms with Gasteiger partial charge in [-0.3, -0.25) is 4.79 Å². The highest BCUT2D eigenvalue weighted by atomic mass is 19.1. The standard InChI is InChI=1S/C18H15F2N3O2/c19-14-3-1-2-11(13(14)9-24)10-4-5-17-21-16(8-23(17)7-10)22-18(25)12-6-15(12)20/h1-5,7-8,12,15,24H,6,9H2,(H,22,25). The van der Waals surface area contributed by atoms with E-state index in [4.69, 9.17) is 0 Å². The Bertz CT molecular complexity index is 970. The molecule has 2 atom stereocenters. The minimum Gasteiger partial charge on any atom is -0.392 e. The number of hydrogen-bond acceptors (Lipinski definition) is 3. The van der Waals surface area contributed by atoms with Gasteiger partial charge < -0.3 is 14.8 Å². The van der Waals surface area contributed by atoms with Crippen molar-refractivity contribution in [2.24, 2.45) is 5.92 Å². The second kappa shape index (κ2) is 5.93. The Morgan fingerprint density at radius 2 is 2.12 bits per heavy atom. The van der Waals surface area contributed by atoms with Gasteiger partial charge in [0.25, 0.3) is 0 Å². The zero-order valence-electron chi connectivity index (χ0n) is 13.1. The number of carbonyl (C=O) groups is 1. The van der Waals surface area contributed by atoms with Crippen LogP contribution in [0.2, 0.25) is 0 Å². The molecule has 25 heavy (non-hydrogen) atoms. The molecular weight excluding hydrogens is 328 g/mol. The maximum atomic E-state index is 13.9. The average molecular weight is 343 g/mol. The van der Waals surface area contributed by atoms with Gasteiger partial charge in [-0.1, -0.05) is 12.1 Å². The van der Waals surface area contributed by atoms with E-state index in [1.165, 1.54) is 6.07 Å². The molecule has 2 heterocycles. The van der Waals surface area contributed by atoms with Gasteiger partial charge in [-0.05, 0) is 35.7 Å². The number of halogens is 2. The maximum absolute atomic E-state index is 13.9. The number of aliphatic hydroxyl groups excluding tert-OH is 1. The average Bonchev–Trinajstić information content (AvgIpc) is 3.19. The Morgan fingerprint density at radius 1 is 1.32 bits per heavy atom. The van der Waals surface area contributed by atoms with Crippen LogP contribution in [0.25, 0.3) is 16.8 Å². The third-order valence-corrected chi connectivity index (χ3v) is 4.34. The number of amides is 1. The van der Waals surface area contributed by atoms with Gasteiger partial charge >= 0.3 is 0 Å². The summed E-state index contributed by atoms with van der Waals surface area (Å²) in [5, 5.41) is 12.0. The van der Waals surface area contributed by atoms with Crippen LogP contribution in [0.5, 0.6) is 0 Å². The summed E-state index contributed by atoms with van der Waals surface area (Å²) < 4.78 is 28.5. The largest absolute Gasteiger partial charge is 0.392 e. The molecule has 0 spiro atoms. The van der Waals surface area contributed by atoms with Crippen molar-refractivity contribution in [3.8, 4) is 11.1 Å². The normalized spacial score (nSPS) is 19.2. The number of fused-ring (bicyclic) bond motifs is 1. The lowest BCUT2D eigenvalue weighted by molar-refractivity contribution is -0.117. The predicted octanol–water partition coefficient (Wildman–Crippen LogP) is 2.93. The molecule has 0 bridgehead atoms. The maximum Gasteiger partial charge on any atom is 0.231 e. The van der Waals surface area contributed by atoms with Crippen molar-refractivity contribution in [1.82, 2.24) is 9.38 Å². The third-order valence-electron chi connectivity index (χ3n) is 4.34. The molecule has 0 saturated heterocycles. The van der Waals surface area contributed by atoms with E-state index >= 15 is 0 Å². The molecule has 4 rings (SSSR count). The van der Waals surface area contributed by atoms with Crippen molar-refractivity contribution >= 4 is 17.4 Å². The van der Waals surface area contributed by atoms with E-state index in [-0.39, 0.29) is 17.9 Å². The first-order chi connectivity index (χ1) is 12.1. The molecule has 1 amide bonds. The first kappa shape index (κ1) is 15.7. The predicted molar refractivity (Wildman–Crippen MR) is 88.1 cm³/mol. The number of carbonyl (C=O) groups excluding carboxylic acids is 1. The van der Waals surface area contributed by atoms with Crippen LogP contribution >= 0.6 is 0 Å². The summed E-state index contributed by atoms with van der Waals surface area (Å²) in [6, 6.07) is 8.10. The SMILES string of the molecule is O=C(Nc1cn2cc(-c3cccc(F)c3CO)ccc2n1)C1CC1F. The first-order valence-corrected chi connectivity index (χ1v) is 7.89. The van der Waals surface area contributed by atoms with Gasteiger partial charge in [-0.15, -0.1) is 0 Å². The Hall–Kier alpha value is -2.80. The lowest BCUT2D eigenvalue weighted by Crippen LogP contribution is -2.15. The van der Waals surface area contributed by atoms with Gasteiger partial charge in [0.15, 0.2) is 5.82 Å². The number of benzene rings is 1. The minimum absolute atomic E-state index is 0.221. The van der Waals surface area contributed by atoms with Crippen LogP contribution in [-0.4, -0.2) is 26.6 Å². The van der Waals surface area contributed by atoms with Crippen molar-refractivity contribution in [2.45, 2.75) is 19.2 Å². The van der Waals surface area contributed by atoms with Crippen molar-refractivity contribution in [2.75, 3.05) is 5.32 Å². The molecule has 7 heteroatoms. The van der Waals surface area contributed by atoms with Crippen LogP contribution in [0.3, 0.4) is 0 Å². The monoisotopic (exact) mass is 343 g/mol. The Kier molecular flexibility index (Phi) is 3.73. The van der Waals surface area contributed by atoms with Gasteiger partial charge in [-0.2, -0.15) is 0 Å². The molecule has 2 unspecified atom stereocenters. The number of anilines is 1. The van der Waals surface area contributed by atoms with Crippen LogP contribution in [0, 0.1) is 11.7 Å². The van der Waals surface area contributed by atoms with E-state index in [1.54, 1.807) is 41.1 Å². The number of imidazole rings is 1. The molecule has 0 aliphatic heterocycles. The number of nitrogens with one attached hydrogen (secondary N) is 1. The summed E-state index contributed by atoms with van der Waals surface area (Å²) in [7, 11) is 0. The molecule has 2 N–H and O–H groups in total. The summed E-state index contributed by atoms with van der Waals surface area (Å²) in [4.78, 5) is 16.1. The van der Waals surface area contributed by atoms with Crippen LogP contribution in [0.15, 0.2) is 42.7 Å². The van der Waals surface area contributed by atoms with E-state index in [2.05, 4.69) is 10.3 Å². The highest BCUT2D eigenvalue weighted by Gasteiger charge is 2.43.